The summed E-state index contributed by atoms with van der Waals surface area (Å²) in [5.41, 5.74) is -0.0953. The van der Waals surface area contributed by atoms with Gasteiger partial charge in [0.2, 0.25) is 0 Å². The van der Waals surface area contributed by atoms with Gasteiger partial charge in [-0.25, -0.2) is 0 Å². The third-order valence-electron chi connectivity index (χ3n) is 8.94. The summed E-state index contributed by atoms with van der Waals surface area (Å²) in [4.78, 5) is 0. The summed E-state index contributed by atoms with van der Waals surface area (Å²) < 4.78 is 141. The zero-order valence-electron chi connectivity index (χ0n) is 40.6. The maximum absolute atomic E-state index is 9.59. The molecule has 0 saturated carbocycles. The van der Waals surface area contributed by atoms with Gasteiger partial charge < -0.3 is 4.42 Å². The SMILES string of the molecule is [2H]c1c([2H])c([2H])c(-c2c([2H])c([2H])c3oc4c([2H])c([2H])c([2H])c(-c5c6ccccc6c(-c6c([2H])c([2H])c(-c7cccc8ccccc78)c([2H])c6[2H])c6ccccc56)c4c3c2[2H])c([2H])c1[2H]. The average Bonchev–Trinajstić information content (AvgIpc) is 3.71. The fraction of sp³-hybridized carbons (Fsp3) is 0. The molecule has 0 fully saturated rings. The van der Waals surface area contributed by atoms with Crippen LogP contribution in [-0.4, -0.2) is 0 Å². The van der Waals surface area contributed by atoms with E-state index in [1.54, 1.807) is 54.6 Å². The first-order valence-corrected chi connectivity index (χ1v) is 15.6. The van der Waals surface area contributed by atoms with E-state index in [1.807, 2.05) is 36.4 Å². The molecule has 0 aliphatic heterocycles. The molecule has 0 bridgehead atoms. The minimum atomic E-state index is -0.706. The quantitative estimate of drug-likeness (QED) is 0.175. The van der Waals surface area contributed by atoms with Gasteiger partial charge in [0.15, 0.2) is 0 Å². The van der Waals surface area contributed by atoms with Crippen molar-refractivity contribution in [2.75, 3.05) is 0 Å². The van der Waals surface area contributed by atoms with Crippen LogP contribution in [0.5, 0.6) is 0 Å². The fourth-order valence-corrected chi connectivity index (χ4v) is 6.82. The van der Waals surface area contributed by atoms with Crippen molar-refractivity contribution in [2.45, 2.75) is 0 Å². The molecule has 0 unspecified atom stereocenters. The van der Waals surface area contributed by atoms with Crippen molar-refractivity contribution in [1.82, 2.24) is 0 Å². The molecule has 0 saturated heterocycles. The molecular weight excluding hydrogens is 593 g/mol. The van der Waals surface area contributed by atoms with Crippen LogP contribution >= 0.6 is 0 Å². The molecule has 0 amide bonds. The molecule has 10 aromatic rings. The molecule has 0 aliphatic carbocycles. The summed E-state index contributed by atoms with van der Waals surface area (Å²) in [6.45, 7) is 0. The molecule has 0 N–H and O–H groups in total. The van der Waals surface area contributed by atoms with E-state index in [0.717, 1.165) is 10.8 Å². The van der Waals surface area contributed by atoms with Crippen LogP contribution in [-0.2, 0) is 0 Å². The first-order chi connectivity index (χ1) is 30.6. The number of hydrogen-bond acceptors (Lipinski definition) is 1. The molecule has 228 valence electrons. The van der Waals surface area contributed by atoms with Crippen molar-refractivity contribution < 1.29 is 25.0 Å². The largest absolute Gasteiger partial charge is 0.456 e. The Morgan fingerprint density at radius 2 is 0.980 bits per heavy atom. The molecular formula is C48H30O. The summed E-state index contributed by atoms with van der Waals surface area (Å²) in [6.07, 6.45) is 0. The normalized spacial score (nSPS) is 16.0. The Labute approximate surface area is 305 Å². The van der Waals surface area contributed by atoms with Crippen LogP contribution in [0.1, 0.15) is 20.6 Å². The number of hydrogen-bond donors (Lipinski definition) is 0. The van der Waals surface area contributed by atoms with Crippen molar-refractivity contribution in [2.24, 2.45) is 0 Å². The van der Waals surface area contributed by atoms with Gasteiger partial charge in [0.25, 0.3) is 0 Å². The maximum Gasteiger partial charge on any atom is 0.136 e. The highest BCUT2D eigenvalue weighted by Crippen LogP contribution is 2.47. The first kappa shape index (κ1) is 16.6. The number of rotatable bonds is 4. The minimum absolute atomic E-state index is 0.0113. The lowest BCUT2D eigenvalue weighted by atomic mass is 9.84. The summed E-state index contributed by atoms with van der Waals surface area (Å²) in [6, 6.07) is 19.1. The summed E-state index contributed by atoms with van der Waals surface area (Å²) >= 11 is 0. The highest BCUT2D eigenvalue weighted by molar-refractivity contribution is 6.25. The van der Waals surface area contributed by atoms with Gasteiger partial charge in [-0.1, -0.05) is 164 Å². The van der Waals surface area contributed by atoms with Crippen molar-refractivity contribution in [3.05, 3.63) is 182 Å². The van der Waals surface area contributed by atoms with E-state index >= 15 is 0 Å². The Kier molecular flexibility index (Phi) is 3.75. The topological polar surface area (TPSA) is 13.1 Å². The number of fused-ring (bicyclic) bond motifs is 6. The number of benzene rings is 9. The van der Waals surface area contributed by atoms with Crippen LogP contribution in [0, 0.1) is 0 Å². The van der Waals surface area contributed by atoms with Gasteiger partial charge in [0, 0.05) is 10.8 Å². The molecule has 0 aliphatic rings. The van der Waals surface area contributed by atoms with Gasteiger partial charge in [-0.3, -0.25) is 0 Å². The second-order valence-electron chi connectivity index (χ2n) is 11.6. The van der Waals surface area contributed by atoms with Crippen LogP contribution in [0.15, 0.2) is 186 Å². The van der Waals surface area contributed by atoms with Crippen LogP contribution in [0.3, 0.4) is 0 Å². The molecule has 49 heavy (non-hydrogen) atoms. The monoisotopic (exact) mass is 637 g/mol. The lowest BCUT2D eigenvalue weighted by Gasteiger charge is -2.18. The second-order valence-corrected chi connectivity index (χ2v) is 11.6. The predicted octanol–water partition coefficient (Wildman–Crippen LogP) is 13.7. The van der Waals surface area contributed by atoms with E-state index < -0.39 is 77.6 Å². The highest BCUT2D eigenvalue weighted by Gasteiger charge is 2.20. The van der Waals surface area contributed by atoms with E-state index in [4.69, 9.17) is 16.8 Å². The molecule has 0 spiro atoms. The highest BCUT2D eigenvalue weighted by atomic mass is 16.3. The van der Waals surface area contributed by atoms with E-state index in [2.05, 4.69) is 0 Å². The molecule has 0 atom stereocenters. The minimum Gasteiger partial charge on any atom is -0.456 e. The standard InChI is InChI=1S/C48H30O/c1-2-12-31(13-3-1)35-28-29-44-43(30-35)48-42(22-11-23-45(48)49-44)47-40-19-8-6-17-38(40)46(39-18-7-9-20-41(39)47)34-26-24-33(25-27-34)37-21-10-15-32-14-4-5-16-36(32)37/h1-30H/i1D,2D,3D,11D,12D,13D,22D,23D,24D,25D,26D,27D,28D,29D,30D. The third kappa shape index (κ3) is 4.40. The van der Waals surface area contributed by atoms with Gasteiger partial charge in [-0.15, -0.1) is 0 Å². The molecule has 1 heteroatoms. The summed E-state index contributed by atoms with van der Waals surface area (Å²) in [7, 11) is 0. The Hall–Kier alpha value is -6.44. The Balaban J connectivity index is 1.35. The van der Waals surface area contributed by atoms with Crippen molar-refractivity contribution in [1.29, 1.82) is 0 Å². The zero-order chi connectivity index (χ0) is 45.4. The van der Waals surface area contributed by atoms with Crippen LogP contribution in [0.2, 0.25) is 0 Å². The Morgan fingerprint density at radius 3 is 1.71 bits per heavy atom. The van der Waals surface area contributed by atoms with Crippen molar-refractivity contribution in [3.63, 3.8) is 0 Å². The van der Waals surface area contributed by atoms with Crippen LogP contribution < -0.4 is 0 Å². The lowest BCUT2D eigenvalue weighted by molar-refractivity contribution is 0.669. The lowest BCUT2D eigenvalue weighted by Crippen LogP contribution is -1.91. The van der Waals surface area contributed by atoms with Gasteiger partial charge in [-0.05, 0) is 95.0 Å². The molecule has 10 rings (SSSR count). The van der Waals surface area contributed by atoms with E-state index in [1.165, 1.54) is 0 Å². The van der Waals surface area contributed by atoms with Crippen molar-refractivity contribution >= 4 is 54.3 Å². The molecule has 1 aromatic heterocycles. The smallest absolute Gasteiger partial charge is 0.136 e. The van der Waals surface area contributed by atoms with Crippen LogP contribution in [0.25, 0.3) is 98.8 Å². The third-order valence-corrected chi connectivity index (χ3v) is 8.94. The second kappa shape index (κ2) is 11.1. The molecule has 0 radical (unpaired) electrons. The van der Waals surface area contributed by atoms with Gasteiger partial charge >= 0.3 is 0 Å². The van der Waals surface area contributed by atoms with Gasteiger partial charge in [0.05, 0.1) is 20.6 Å². The van der Waals surface area contributed by atoms with E-state index in [0.29, 0.717) is 38.2 Å². The molecule has 1 nitrogen and oxygen atoms in total. The van der Waals surface area contributed by atoms with Gasteiger partial charge in [0.1, 0.15) is 11.2 Å². The maximum atomic E-state index is 9.59. The summed E-state index contributed by atoms with van der Waals surface area (Å²) in [5, 5.41) is 3.22. The molecule has 9 aromatic carbocycles. The van der Waals surface area contributed by atoms with Crippen molar-refractivity contribution in [3.8, 4) is 44.5 Å². The summed E-state index contributed by atoms with van der Waals surface area (Å²) in [5.74, 6) is 0. The first-order valence-electron chi connectivity index (χ1n) is 23.1. The average molecular weight is 638 g/mol. The van der Waals surface area contributed by atoms with Crippen LogP contribution in [0.4, 0.5) is 0 Å². The predicted molar refractivity (Wildman–Crippen MR) is 208 cm³/mol. The van der Waals surface area contributed by atoms with Gasteiger partial charge in [-0.2, -0.15) is 0 Å². The van der Waals surface area contributed by atoms with E-state index in [9.17, 15) is 8.22 Å². The fourth-order valence-electron chi connectivity index (χ4n) is 6.82. The van der Waals surface area contributed by atoms with E-state index in [-0.39, 0.29) is 62.8 Å². The Bertz CT molecular complexity index is 3620. The Morgan fingerprint density at radius 1 is 0.367 bits per heavy atom. The molecule has 1 heterocycles. The zero-order valence-corrected chi connectivity index (χ0v) is 25.6. The number of furan rings is 1.